The van der Waals surface area contributed by atoms with Gasteiger partial charge in [-0.3, -0.25) is 19.8 Å². The molecule has 0 aromatic rings. The zero-order chi connectivity index (χ0) is 13.1. The molecule has 18 heavy (non-hydrogen) atoms. The van der Waals surface area contributed by atoms with E-state index in [1.807, 2.05) is 6.92 Å². The minimum absolute atomic E-state index is 0.191. The Balaban J connectivity index is 1.94. The number of amides is 4. The number of carbonyl (C=O) groups excluding carboxylic acids is 3. The fourth-order valence-corrected chi connectivity index (χ4v) is 2.60. The number of rotatable bonds is 3. The third-order valence-electron chi connectivity index (χ3n) is 3.46. The lowest BCUT2D eigenvalue weighted by atomic mass is 10.1. The monoisotopic (exact) mass is 253 g/mol. The molecule has 0 aromatic heterocycles. The highest BCUT2D eigenvalue weighted by molar-refractivity contribution is 6.14. The lowest BCUT2D eigenvalue weighted by Gasteiger charge is -2.35. The van der Waals surface area contributed by atoms with E-state index in [1.165, 1.54) is 24.2 Å². The fraction of sp³-hybridized carbons (Fsp3) is 0.750. The number of likely N-dealkylation sites (tertiary alicyclic amines) is 1. The van der Waals surface area contributed by atoms with E-state index in [0.717, 1.165) is 13.1 Å². The Morgan fingerprint density at radius 1 is 1.17 bits per heavy atom. The Labute approximate surface area is 106 Å². The van der Waals surface area contributed by atoms with Crippen molar-refractivity contribution in [1.82, 2.24) is 15.1 Å². The van der Waals surface area contributed by atoms with Crippen molar-refractivity contribution in [2.45, 2.75) is 38.6 Å². The molecular weight excluding hydrogens is 234 g/mol. The second-order valence-electron chi connectivity index (χ2n) is 5.00. The molecule has 0 radical (unpaired) electrons. The summed E-state index contributed by atoms with van der Waals surface area (Å²) in [7, 11) is 0. The Morgan fingerprint density at radius 3 is 2.44 bits per heavy atom. The van der Waals surface area contributed by atoms with Crippen LogP contribution in [-0.4, -0.2) is 53.3 Å². The molecule has 0 spiro atoms. The van der Waals surface area contributed by atoms with E-state index < -0.39 is 17.8 Å². The quantitative estimate of drug-likeness (QED) is 0.736. The van der Waals surface area contributed by atoms with Crippen molar-refractivity contribution in [3.05, 3.63) is 0 Å². The number of piperidine rings is 1. The van der Waals surface area contributed by atoms with Gasteiger partial charge in [-0.05, 0) is 32.9 Å². The molecule has 0 aromatic carbocycles. The molecule has 1 unspecified atom stereocenters. The molecule has 2 aliphatic heterocycles. The molecule has 1 N–H and O–H groups in total. The number of carbonyl (C=O) groups is 3. The molecule has 2 rings (SSSR count). The van der Waals surface area contributed by atoms with Crippen molar-refractivity contribution in [3.8, 4) is 0 Å². The van der Waals surface area contributed by atoms with Gasteiger partial charge in [0.2, 0.25) is 11.8 Å². The summed E-state index contributed by atoms with van der Waals surface area (Å²) in [5.74, 6) is -0.903. The Morgan fingerprint density at radius 2 is 1.83 bits per heavy atom. The van der Waals surface area contributed by atoms with E-state index in [1.54, 1.807) is 0 Å². The van der Waals surface area contributed by atoms with Crippen LogP contribution in [0.4, 0.5) is 4.79 Å². The zero-order valence-corrected chi connectivity index (χ0v) is 10.6. The lowest BCUT2D eigenvalue weighted by molar-refractivity contribution is -0.137. The van der Waals surface area contributed by atoms with Gasteiger partial charge in [0.1, 0.15) is 6.42 Å². The average Bonchev–Trinajstić information content (AvgIpc) is 2.28. The second kappa shape index (κ2) is 5.48. The van der Waals surface area contributed by atoms with Gasteiger partial charge in [0.05, 0.1) is 6.04 Å². The molecule has 100 valence electrons. The van der Waals surface area contributed by atoms with E-state index in [4.69, 9.17) is 0 Å². The van der Waals surface area contributed by atoms with E-state index in [2.05, 4.69) is 10.2 Å². The average molecular weight is 253 g/mol. The number of nitrogens with one attached hydrogen (secondary N) is 1. The van der Waals surface area contributed by atoms with Crippen molar-refractivity contribution < 1.29 is 14.4 Å². The third-order valence-corrected chi connectivity index (χ3v) is 3.46. The van der Waals surface area contributed by atoms with Crippen LogP contribution in [0.2, 0.25) is 0 Å². The lowest BCUT2D eigenvalue weighted by Crippen LogP contribution is -2.58. The summed E-state index contributed by atoms with van der Waals surface area (Å²) < 4.78 is 0. The first kappa shape index (κ1) is 13.0. The van der Waals surface area contributed by atoms with Crippen LogP contribution in [0.25, 0.3) is 0 Å². The predicted molar refractivity (Wildman–Crippen MR) is 64.8 cm³/mol. The minimum Gasteiger partial charge on any atom is -0.301 e. The molecule has 0 aliphatic carbocycles. The van der Waals surface area contributed by atoms with Crippen LogP contribution in [-0.2, 0) is 9.59 Å². The summed E-state index contributed by atoms with van der Waals surface area (Å²) >= 11 is 0. The van der Waals surface area contributed by atoms with Crippen LogP contribution in [0, 0.1) is 0 Å². The van der Waals surface area contributed by atoms with Crippen molar-refractivity contribution in [2.75, 3.05) is 19.6 Å². The topological polar surface area (TPSA) is 69.7 Å². The molecule has 2 aliphatic rings. The highest BCUT2D eigenvalue weighted by Crippen LogP contribution is 2.13. The normalized spacial score (nSPS) is 24.1. The predicted octanol–water partition coefficient (Wildman–Crippen LogP) is 0.329. The summed E-state index contributed by atoms with van der Waals surface area (Å²) in [6, 6.07) is -0.774. The number of barbiturate groups is 1. The van der Waals surface area contributed by atoms with Gasteiger partial charge in [-0.15, -0.1) is 0 Å². The highest BCUT2D eigenvalue weighted by Gasteiger charge is 2.34. The minimum atomic E-state index is -0.583. The summed E-state index contributed by atoms with van der Waals surface area (Å²) in [6.07, 6.45) is 3.37. The number of hydrogen-bond acceptors (Lipinski definition) is 4. The van der Waals surface area contributed by atoms with E-state index in [-0.39, 0.29) is 12.5 Å². The van der Waals surface area contributed by atoms with Crippen LogP contribution in [0.5, 0.6) is 0 Å². The summed E-state index contributed by atoms with van der Waals surface area (Å²) in [5, 5.41) is 2.19. The van der Waals surface area contributed by atoms with Crippen LogP contribution in [0.3, 0.4) is 0 Å². The highest BCUT2D eigenvalue weighted by atomic mass is 16.2. The molecule has 4 amide bonds. The van der Waals surface area contributed by atoms with Gasteiger partial charge in [0, 0.05) is 6.54 Å². The molecule has 2 fully saturated rings. The van der Waals surface area contributed by atoms with Crippen molar-refractivity contribution in [2.24, 2.45) is 0 Å². The molecule has 2 heterocycles. The molecule has 0 saturated carbocycles. The summed E-state index contributed by atoms with van der Waals surface area (Å²) in [6.45, 7) is 4.58. The zero-order valence-electron chi connectivity index (χ0n) is 10.6. The van der Waals surface area contributed by atoms with Gasteiger partial charge >= 0.3 is 6.03 Å². The van der Waals surface area contributed by atoms with Crippen molar-refractivity contribution in [1.29, 1.82) is 0 Å². The van der Waals surface area contributed by atoms with E-state index >= 15 is 0 Å². The number of imide groups is 2. The summed E-state index contributed by atoms with van der Waals surface area (Å²) in [4.78, 5) is 37.9. The van der Waals surface area contributed by atoms with E-state index in [9.17, 15) is 14.4 Å². The maximum absolute atomic E-state index is 11.7. The van der Waals surface area contributed by atoms with Crippen molar-refractivity contribution in [3.63, 3.8) is 0 Å². The van der Waals surface area contributed by atoms with Crippen LogP contribution in [0.15, 0.2) is 0 Å². The summed E-state index contributed by atoms with van der Waals surface area (Å²) in [5.41, 5.74) is 0. The largest absolute Gasteiger partial charge is 0.331 e. The van der Waals surface area contributed by atoms with Gasteiger partial charge < -0.3 is 4.90 Å². The first-order chi connectivity index (χ1) is 8.58. The van der Waals surface area contributed by atoms with Crippen LogP contribution < -0.4 is 5.32 Å². The van der Waals surface area contributed by atoms with Gasteiger partial charge in [0.25, 0.3) is 0 Å². The maximum atomic E-state index is 11.7. The van der Waals surface area contributed by atoms with E-state index in [0.29, 0.717) is 6.54 Å². The van der Waals surface area contributed by atoms with Gasteiger partial charge in [-0.1, -0.05) is 6.42 Å². The fourth-order valence-electron chi connectivity index (χ4n) is 2.60. The second-order valence-corrected chi connectivity index (χ2v) is 5.00. The van der Waals surface area contributed by atoms with Gasteiger partial charge in [-0.25, -0.2) is 4.79 Å². The SMILES string of the molecule is CC(CN1CCCCC1)N1C(=O)CC(=O)NC1=O. The number of nitrogens with zero attached hydrogens (tertiary/aromatic N) is 2. The molecule has 6 nitrogen and oxygen atoms in total. The maximum Gasteiger partial charge on any atom is 0.331 e. The Hall–Kier alpha value is -1.43. The molecule has 6 heteroatoms. The van der Waals surface area contributed by atoms with Crippen LogP contribution in [0.1, 0.15) is 32.6 Å². The molecule has 2 saturated heterocycles. The van der Waals surface area contributed by atoms with Crippen molar-refractivity contribution >= 4 is 17.8 Å². The smallest absolute Gasteiger partial charge is 0.301 e. The van der Waals surface area contributed by atoms with Gasteiger partial charge in [0.15, 0.2) is 0 Å². The third kappa shape index (κ3) is 2.87. The first-order valence-corrected chi connectivity index (χ1v) is 6.46. The molecular formula is C12H19N3O3. The van der Waals surface area contributed by atoms with Crippen LogP contribution >= 0.6 is 0 Å². The Kier molecular flexibility index (Phi) is 3.96. The number of urea groups is 1. The Bertz CT molecular complexity index is 344. The standard InChI is InChI=1S/C12H19N3O3/c1-9(8-14-5-3-2-4-6-14)15-11(17)7-10(16)13-12(15)18/h9H,2-8H2,1H3,(H,13,16,18). The molecule has 0 bridgehead atoms. The van der Waals surface area contributed by atoms with Gasteiger partial charge in [-0.2, -0.15) is 0 Å². The molecule has 1 atom stereocenters. The number of hydrogen-bond donors (Lipinski definition) is 1. The first-order valence-electron chi connectivity index (χ1n) is 6.46.